The summed E-state index contributed by atoms with van der Waals surface area (Å²) in [6.45, 7) is 3.42. The molecule has 1 aromatic rings. The second kappa shape index (κ2) is 5.26. The van der Waals surface area contributed by atoms with Crippen molar-refractivity contribution >= 4 is 17.3 Å². The van der Waals surface area contributed by atoms with Gasteiger partial charge in [-0.3, -0.25) is 14.9 Å². The van der Waals surface area contributed by atoms with Gasteiger partial charge in [-0.15, -0.1) is 0 Å². The molecule has 1 unspecified atom stereocenters. The Hall–Kier alpha value is -2.11. The molecule has 1 amide bonds. The summed E-state index contributed by atoms with van der Waals surface area (Å²) in [4.78, 5) is 22.2. The highest BCUT2D eigenvalue weighted by Gasteiger charge is 2.26. The Balaban J connectivity index is 2.07. The normalized spacial score (nSPS) is 15.7. The molecule has 0 spiro atoms. The summed E-state index contributed by atoms with van der Waals surface area (Å²) in [7, 11) is 0. The lowest BCUT2D eigenvalue weighted by atomic mass is 10.1. The van der Waals surface area contributed by atoms with Crippen LogP contribution in [0.1, 0.15) is 25.3 Å². The minimum Gasteiger partial charge on any atom is -0.373 e. The molecule has 6 nitrogen and oxygen atoms in total. The molecule has 102 valence electrons. The number of hydrogen-bond donors (Lipinski definition) is 2. The molecule has 1 atom stereocenters. The minimum atomic E-state index is -0.421. The largest absolute Gasteiger partial charge is 0.373 e. The Morgan fingerprint density at radius 1 is 1.47 bits per heavy atom. The fourth-order valence-electron chi connectivity index (χ4n) is 1.83. The van der Waals surface area contributed by atoms with Crippen LogP contribution in [0.4, 0.5) is 11.4 Å². The number of carbonyl (C=O) groups is 1. The SMILES string of the molecule is Cc1c(NC(C)C(=O)NC2CC2)cccc1[N+](=O)[O-]. The fourth-order valence-corrected chi connectivity index (χ4v) is 1.83. The summed E-state index contributed by atoms with van der Waals surface area (Å²) in [6.07, 6.45) is 2.07. The van der Waals surface area contributed by atoms with Gasteiger partial charge >= 0.3 is 0 Å². The van der Waals surface area contributed by atoms with Crippen molar-refractivity contribution in [2.45, 2.75) is 38.8 Å². The Labute approximate surface area is 111 Å². The molecule has 19 heavy (non-hydrogen) atoms. The molecular weight excluding hydrogens is 246 g/mol. The van der Waals surface area contributed by atoms with Gasteiger partial charge in [0.25, 0.3) is 5.69 Å². The summed E-state index contributed by atoms with van der Waals surface area (Å²) in [5, 5.41) is 16.8. The summed E-state index contributed by atoms with van der Waals surface area (Å²) in [5.74, 6) is -0.0755. The van der Waals surface area contributed by atoms with E-state index in [4.69, 9.17) is 0 Å². The monoisotopic (exact) mass is 263 g/mol. The van der Waals surface area contributed by atoms with Crippen LogP contribution in [-0.2, 0) is 4.79 Å². The Bertz CT molecular complexity index is 512. The molecule has 2 rings (SSSR count). The van der Waals surface area contributed by atoms with E-state index in [0.29, 0.717) is 17.3 Å². The van der Waals surface area contributed by atoms with Gasteiger partial charge in [-0.25, -0.2) is 0 Å². The molecule has 0 saturated heterocycles. The third-order valence-electron chi connectivity index (χ3n) is 3.19. The zero-order chi connectivity index (χ0) is 14.0. The molecule has 6 heteroatoms. The van der Waals surface area contributed by atoms with Crippen molar-refractivity contribution in [3.05, 3.63) is 33.9 Å². The lowest BCUT2D eigenvalue weighted by Gasteiger charge is -2.16. The third-order valence-corrected chi connectivity index (χ3v) is 3.19. The van der Waals surface area contributed by atoms with E-state index in [9.17, 15) is 14.9 Å². The van der Waals surface area contributed by atoms with Crippen molar-refractivity contribution in [1.82, 2.24) is 5.32 Å². The van der Waals surface area contributed by atoms with Crippen LogP contribution in [0.5, 0.6) is 0 Å². The molecule has 2 N–H and O–H groups in total. The highest BCUT2D eigenvalue weighted by molar-refractivity contribution is 5.85. The van der Waals surface area contributed by atoms with Gasteiger partial charge in [0.05, 0.1) is 4.92 Å². The first-order valence-electron chi connectivity index (χ1n) is 6.30. The minimum absolute atomic E-state index is 0.0554. The maximum atomic E-state index is 11.8. The molecule has 0 radical (unpaired) electrons. The maximum Gasteiger partial charge on any atom is 0.274 e. The zero-order valence-corrected chi connectivity index (χ0v) is 11.0. The number of anilines is 1. The van der Waals surface area contributed by atoms with E-state index in [1.54, 1.807) is 26.0 Å². The first kappa shape index (κ1) is 13.3. The Kier molecular flexibility index (Phi) is 3.69. The predicted molar refractivity (Wildman–Crippen MR) is 72.1 cm³/mol. The fraction of sp³-hybridized carbons (Fsp3) is 0.462. The number of nitrogens with zero attached hydrogens (tertiary/aromatic N) is 1. The second-order valence-corrected chi connectivity index (χ2v) is 4.86. The van der Waals surface area contributed by atoms with E-state index >= 15 is 0 Å². The molecule has 1 fully saturated rings. The van der Waals surface area contributed by atoms with Crippen molar-refractivity contribution in [3.8, 4) is 0 Å². The van der Waals surface area contributed by atoms with Crippen molar-refractivity contribution in [3.63, 3.8) is 0 Å². The topological polar surface area (TPSA) is 84.3 Å². The van der Waals surface area contributed by atoms with Crippen LogP contribution in [0.25, 0.3) is 0 Å². The van der Waals surface area contributed by atoms with Gasteiger partial charge in [0.15, 0.2) is 0 Å². The summed E-state index contributed by atoms with van der Waals surface area (Å²) in [6, 6.07) is 4.70. The van der Waals surface area contributed by atoms with E-state index in [-0.39, 0.29) is 11.6 Å². The standard InChI is InChI=1S/C13H17N3O3/c1-8-11(4-3-5-12(8)16(18)19)14-9(2)13(17)15-10-6-7-10/h3-5,9-10,14H,6-7H2,1-2H3,(H,15,17). The lowest BCUT2D eigenvalue weighted by molar-refractivity contribution is -0.385. The molecule has 1 aromatic carbocycles. The summed E-state index contributed by atoms with van der Waals surface area (Å²) in [5.41, 5.74) is 1.21. The van der Waals surface area contributed by atoms with Crippen LogP contribution in [0, 0.1) is 17.0 Å². The highest BCUT2D eigenvalue weighted by atomic mass is 16.6. The third kappa shape index (κ3) is 3.21. The molecule has 0 aromatic heterocycles. The van der Waals surface area contributed by atoms with Crippen molar-refractivity contribution < 1.29 is 9.72 Å². The second-order valence-electron chi connectivity index (χ2n) is 4.86. The zero-order valence-electron chi connectivity index (χ0n) is 11.0. The van der Waals surface area contributed by atoms with Crippen LogP contribution in [0.3, 0.4) is 0 Å². The quantitative estimate of drug-likeness (QED) is 0.628. The first-order valence-corrected chi connectivity index (χ1v) is 6.30. The van der Waals surface area contributed by atoms with E-state index in [1.807, 2.05) is 0 Å². The van der Waals surface area contributed by atoms with Crippen LogP contribution < -0.4 is 10.6 Å². The van der Waals surface area contributed by atoms with Crippen molar-refractivity contribution in [2.75, 3.05) is 5.32 Å². The number of amides is 1. The number of nitrogens with one attached hydrogen (secondary N) is 2. The van der Waals surface area contributed by atoms with E-state index in [2.05, 4.69) is 10.6 Å². The number of benzene rings is 1. The van der Waals surface area contributed by atoms with Gasteiger partial charge in [0.2, 0.25) is 5.91 Å². The van der Waals surface area contributed by atoms with Crippen molar-refractivity contribution in [1.29, 1.82) is 0 Å². The van der Waals surface area contributed by atoms with Crippen LogP contribution in [-0.4, -0.2) is 22.9 Å². The van der Waals surface area contributed by atoms with Crippen LogP contribution in [0.15, 0.2) is 18.2 Å². The number of carbonyl (C=O) groups excluding carboxylic acids is 1. The van der Waals surface area contributed by atoms with Gasteiger partial charge in [-0.1, -0.05) is 6.07 Å². The van der Waals surface area contributed by atoms with E-state index in [1.165, 1.54) is 6.07 Å². The van der Waals surface area contributed by atoms with Crippen molar-refractivity contribution in [2.24, 2.45) is 0 Å². The number of nitro benzene ring substituents is 1. The van der Waals surface area contributed by atoms with Gasteiger partial charge in [-0.05, 0) is 32.8 Å². The number of hydrogen-bond acceptors (Lipinski definition) is 4. The number of rotatable bonds is 5. The molecule has 1 saturated carbocycles. The first-order chi connectivity index (χ1) is 8.99. The molecule has 1 aliphatic carbocycles. The van der Waals surface area contributed by atoms with Gasteiger partial charge < -0.3 is 10.6 Å². The van der Waals surface area contributed by atoms with Gasteiger partial charge in [-0.2, -0.15) is 0 Å². The lowest BCUT2D eigenvalue weighted by Crippen LogP contribution is -2.38. The highest BCUT2D eigenvalue weighted by Crippen LogP contribution is 2.25. The van der Waals surface area contributed by atoms with E-state index < -0.39 is 11.0 Å². The summed E-state index contributed by atoms with van der Waals surface area (Å²) >= 11 is 0. The van der Waals surface area contributed by atoms with Crippen LogP contribution in [0.2, 0.25) is 0 Å². The molecular formula is C13H17N3O3. The molecule has 0 aliphatic heterocycles. The smallest absolute Gasteiger partial charge is 0.274 e. The van der Waals surface area contributed by atoms with Gasteiger partial charge in [0, 0.05) is 23.4 Å². The average Bonchev–Trinajstić information content (AvgIpc) is 3.15. The predicted octanol–water partition coefficient (Wildman–Crippen LogP) is 1.98. The molecule has 0 bridgehead atoms. The average molecular weight is 263 g/mol. The Morgan fingerprint density at radius 2 is 2.16 bits per heavy atom. The summed E-state index contributed by atoms with van der Waals surface area (Å²) < 4.78 is 0. The van der Waals surface area contributed by atoms with Crippen LogP contribution >= 0.6 is 0 Å². The van der Waals surface area contributed by atoms with E-state index in [0.717, 1.165) is 12.8 Å². The molecule has 1 aliphatic rings. The Morgan fingerprint density at radius 3 is 2.74 bits per heavy atom. The molecule has 0 heterocycles. The maximum absolute atomic E-state index is 11.8. The van der Waals surface area contributed by atoms with Gasteiger partial charge in [0.1, 0.15) is 6.04 Å². The number of nitro groups is 1.